The molecule has 0 aliphatic carbocycles. The highest BCUT2D eigenvalue weighted by atomic mass is 16.4. The van der Waals surface area contributed by atoms with Gasteiger partial charge in [-0.15, -0.1) is 0 Å². The van der Waals surface area contributed by atoms with Gasteiger partial charge in [0, 0.05) is 38.8 Å². The topological polar surface area (TPSA) is 154 Å². The molecule has 0 aliphatic rings. The van der Waals surface area contributed by atoms with Gasteiger partial charge in [0.05, 0.1) is 6.42 Å². The van der Waals surface area contributed by atoms with E-state index in [-0.39, 0.29) is 44.2 Å². The van der Waals surface area contributed by atoms with Crippen molar-refractivity contribution in [3.8, 4) is 0 Å². The minimum absolute atomic E-state index is 0.185. The first-order valence-corrected chi connectivity index (χ1v) is 13.2. The zero-order chi connectivity index (χ0) is 28.5. The second-order valence-corrected chi connectivity index (χ2v) is 9.20. The molecule has 0 aromatic heterocycles. The van der Waals surface area contributed by atoms with E-state index >= 15 is 0 Å². The van der Waals surface area contributed by atoms with Crippen molar-refractivity contribution in [2.75, 3.05) is 13.1 Å². The number of benzene rings is 2. The van der Waals surface area contributed by atoms with Gasteiger partial charge in [0.2, 0.25) is 23.6 Å². The molecule has 0 unspecified atom stereocenters. The van der Waals surface area contributed by atoms with Crippen LogP contribution in [-0.2, 0) is 36.8 Å². The van der Waals surface area contributed by atoms with Gasteiger partial charge in [-0.1, -0.05) is 67.6 Å². The largest absolute Gasteiger partial charge is 0.481 e. The Balaban J connectivity index is 1.86. The summed E-state index contributed by atoms with van der Waals surface area (Å²) in [5.41, 5.74) is 1.77. The Hall–Kier alpha value is -4.21. The summed E-state index contributed by atoms with van der Waals surface area (Å²) < 4.78 is 0. The number of carboxylic acids is 1. The third-order valence-electron chi connectivity index (χ3n) is 5.86. The summed E-state index contributed by atoms with van der Waals surface area (Å²) in [6.07, 6.45) is 1.51. The predicted molar refractivity (Wildman–Crippen MR) is 147 cm³/mol. The third kappa shape index (κ3) is 12.7. The maximum Gasteiger partial charge on any atom is 0.303 e. The SMILES string of the molecule is CCCC(=O)N[C@@H](Cc1ccccc1)C(=O)NCCCNC(=O)[C@H](Cc1ccccc1)NC(=O)CCC(=O)O. The molecule has 0 saturated carbocycles. The normalized spacial score (nSPS) is 12.0. The van der Waals surface area contributed by atoms with Crippen LogP contribution < -0.4 is 21.3 Å². The fourth-order valence-corrected chi connectivity index (χ4v) is 3.86. The zero-order valence-corrected chi connectivity index (χ0v) is 22.3. The van der Waals surface area contributed by atoms with Crippen molar-refractivity contribution in [3.05, 3.63) is 71.8 Å². The molecule has 2 aromatic rings. The molecule has 4 amide bonds. The van der Waals surface area contributed by atoms with E-state index in [1.54, 1.807) is 0 Å². The quantitative estimate of drug-likeness (QED) is 0.193. The fourth-order valence-electron chi connectivity index (χ4n) is 3.86. The Morgan fingerprint density at radius 1 is 0.667 bits per heavy atom. The van der Waals surface area contributed by atoms with Crippen LogP contribution in [0.2, 0.25) is 0 Å². The van der Waals surface area contributed by atoms with Gasteiger partial charge in [-0.2, -0.15) is 0 Å². The van der Waals surface area contributed by atoms with Crippen LogP contribution in [0.25, 0.3) is 0 Å². The van der Waals surface area contributed by atoms with Crippen LogP contribution in [0.15, 0.2) is 60.7 Å². The van der Waals surface area contributed by atoms with E-state index in [9.17, 15) is 24.0 Å². The number of nitrogens with one attached hydrogen (secondary N) is 4. The predicted octanol–water partition coefficient (Wildman–Crippen LogP) is 1.73. The van der Waals surface area contributed by atoms with Crippen molar-refractivity contribution in [1.29, 1.82) is 0 Å². The molecule has 0 aliphatic heterocycles. The van der Waals surface area contributed by atoms with Crippen LogP contribution in [0.1, 0.15) is 50.2 Å². The van der Waals surface area contributed by atoms with Crippen molar-refractivity contribution in [2.45, 2.75) is 64.0 Å². The number of carbonyl (C=O) groups excluding carboxylic acids is 4. The Labute approximate surface area is 228 Å². The van der Waals surface area contributed by atoms with E-state index in [2.05, 4.69) is 21.3 Å². The van der Waals surface area contributed by atoms with Gasteiger partial charge in [0.1, 0.15) is 12.1 Å². The lowest BCUT2D eigenvalue weighted by Crippen LogP contribution is -2.49. The molecule has 0 saturated heterocycles. The summed E-state index contributed by atoms with van der Waals surface area (Å²) in [4.78, 5) is 60.8. The van der Waals surface area contributed by atoms with Crippen LogP contribution in [0, 0.1) is 0 Å². The molecule has 2 rings (SSSR count). The lowest BCUT2D eigenvalue weighted by Gasteiger charge is -2.20. The molecule has 39 heavy (non-hydrogen) atoms. The summed E-state index contributed by atoms with van der Waals surface area (Å²) in [7, 11) is 0. The van der Waals surface area contributed by atoms with Crippen LogP contribution >= 0.6 is 0 Å². The zero-order valence-electron chi connectivity index (χ0n) is 22.3. The molecule has 0 radical (unpaired) electrons. The molecule has 0 fully saturated rings. The van der Waals surface area contributed by atoms with Crippen molar-refractivity contribution in [2.24, 2.45) is 0 Å². The van der Waals surface area contributed by atoms with Gasteiger partial charge in [0.25, 0.3) is 0 Å². The lowest BCUT2D eigenvalue weighted by molar-refractivity contribution is -0.139. The monoisotopic (exact) mass is 538 g/mol. The van der Waals surface area contributed by atoms with Gasteiger partial charge >= 0.3 is 5.97 Å². The second kappa shape index (κ2) is 17.3. The van der Waals surface area contributed by atoms with Gasteiger partial charge in [-0.3, -0.25) is 24.0 Å². The van der Waals surface area contributed by atoms with Crippen LogP contribution in [0.3, 0.4) is 0 Å². The minimum Gasteiger partial charge on any atom is -0.481 e. The highest BCUT2D eigenvalue weighted by molar-refractivity contribution is 5.89. The first-order chi connectivity index (χ1) is 18.8. The lowest BCUT2D eigenvalue weighted by atomic mass is 10.0. The molecule has 10 nitrogen and oxygen atoms in total. The first kappa shape index (κ1) is 31.0. The second-order valence-electron chi connectivity index (χ2n) is 9.20. The average Bonchev–Trinajstić information content (AvgIpc) is 2.92. The van der Waals surface area contributed by atoms with Crippen molar-refractivity contribution in [3.63, 3.8) is 0 Å². The smallest absolute Gasteiger partial charge is 0.303 e. The maximum atomic E-state index is 12.8. The highest BCUT2D eigenvalue weighted by Crippen LogP contribution is 2.06. The number of rotatable bonds is 17. The number of aliphatic carboxylic acids is 1. The first-order valence-electron chi connectivity index (χ1n) is 13.2. The van der Waals surface area contributed by atoms with Gasteiger partial charge in [-0.25, -0.2) is 0 Å². The number of carbonyl (C=O) groups is 5. The van der Waals surface area contributed by atoms with Gasteiger partial charge in [-0.05, 0) is 24.0 Å². The van der Waals surface area contributed by atoms with Crippen LogP contribution in [-0.4, -0.2) is 59.9 Å². The minimum atomic E-state index is -1.09. The van der Waals surface area contributed by atoms with E-state index in [4.69, 9.17) is 5.11 Å². The molecule has 5 N–H and O–H groups in total. The number of carboxylic acid groups (broad SMARTS) is 1. The van der Waals surface area contributed by atoms with Crippen molar-refractivity contribution in [1.82, 2.24) is 21.3 Å². The van der Waals surface area contributed by atoms with Crippen LogP contribution in [0.4, 0.5) is 0 Å². The van der Waals surface area contributed by atoms with E-state index in [0.717, 1.165) is 11.1 Å². The summed E-state index contributed by atoms with van der Waals surface area (Å²) in [5, 5.41) is 19.8. The average molecular weight is 539 g/mol. The van der Waals surface area contributed by atoms with Crippen molar-refractivity contribution >= 4 is 29.6 Å². The van der Waals surface area contributed by atoms with Crippen LogP contribution in [0.5, 0.6) is 0 Å². The van der Waals surface area contributed by atoms with E-state index < -0.39 is 29.9 Å². The Kier molecular flexibility index (Phi) is 13.8. The summed E-state index contributed by atoms with van der Waals surface area (Å²) in [5.74, 6) is -2.50. The standard InChI is InChI=1S/C29H38N4O6/c1-2-10-25(34)32-23(19-21-11-5-3-6-12-21)28(38)30-17-9-18-31-29(39)24(20-22-13-7-4-8-14-22)33-26(35)15-16-27(36)37/h3-8,11-14,23-24H,2,9-10,15-20H2,1H3,(H,30,38)(H,31,39)(H,32,34)(H,33,35)(H,36,37)/t23-,24-/m0/s1. The molecule has 2 aromatic carbocycles. The van der Waals surface area contributed by atoms with Crippen molar-refractivity contribution < 1.29 is 29.1 Å². The summed E-state index contributed by atoms with van der Waals surface area (Å²) in [6, 6.07) is 17.0. The molecule has 0 heterocycles. The van der Waals surface area contributed by atoms with E-state index in [0.29, 0.717) is 25.7 Å². The number of amides is 4. The Bertz CT molecular complexity index is 1080. The van der Waals surface area contributed by atoms with E-state index in [1.165, 1.54) is 0 Å². The molecule has 0 bridgehead atoms. The number of hydrogen-bond donors (Lipinski definition) is 5. The molecular formula is C29H38N4O6. The Morgan fingerprint density at radius 3 is 1.51 bits per heavy atom. The molecule has 210 valence electrons. The summed E-state index contributed by atoms with van der Waals surface area (Å²) >= 11 is 0. The highest BCUT2D eigenvalue weighted by Gasteiger charge is 2.22. The maximum absolute atomic E-state index is 12.8. The summed E-state index contributed by atoms with van der Waals surface area (Å²) in [6.45, 7) is 2.43. The molecule has 0 spiro atoms. The molecule has 2 atom stereocenters. The fraction of sp³-hybridized carbons (Fsp3) is 0.414. The molecular weight excluding hydrogens is 500 g/mol. The Morgan fingerprint density at radius 2 is 1.10 bits per heavy atom. The number of hydrogen-bond acceptors (Lipinski definition) is 5. The van der Waals surface area contributed by atoms with Gasteiger partial charge in [0.15, 0.2) is 0 Å². The van der Waals surface area contributed by atoms with Gasteiger partial charge < -0.3 is 26.4 Å². The van der Waals surface area contributed by atoms with E-state index in [1.807, 2.05) is 67.6 Å². The molecule has 10 heteroatoms. The third-order valence-corrected chi connectivity index (χ3v) is 5.86.